The van der Waals surface area contributed by atoms with Gasteiger partial charge in [-0.3, -0.25) is 0 Å². The average molecular weight is 594 g/mol. The molecule has 2 aromatic heterocycles. The van der Waals surface area contributed by atoms with Crippen molar-refractivity contribution >= 4 is 35.0 Å². The lowest BCUT2D eigenvalue weighted by molar-refractivity contribution is -0.139. The normalized spacial score (nSPS) is 14.4. The zero-order valence-corrected chi connectivity index (χ0v) is 24.7. The van der Waals surface area contributed by atoms with Gasteiger partial charge in [-0.1, -0.05) is 84.4 Å². The fourth-order valence-electron chi connectivity index (χ4n) is 4.41. The molecule has 1 atom stereocenters. The minimum Gasteiger partial charge on any atom is -0.493 e. The van der Waals surface area contributed by atoms with Gasteiger partial charge in [0, 0.05) is 17.0 Å². The Labute approximate surface area is 246 Å². The van der Waals surface area contributed by atoms with Gasteiger partial charge in [0.05, 0.1) is 25.9 Å². The van der Waals surface area contributed by atoms with Gasteiger partial charge < -0.3 is 19.5 Å². The molecule has 0 saturated carbocycles. The molecule has 5 rings (SSSR count). The summed E-state index contributed by atoms with van der Waals surface area (Å²) in [6.07, 6.45) is 3.17. The third kappa shape index (κ3) is 6.51. The number of tetrazole rings is 1. The smallest absolute Gasteiger partial charge is 0.338 e. The number of aromatic nitrogens is 6. The molecule has 2 aromatic carbocycles. The van der Waals surface area contributed by atoms with E-state index in [-0.39, 0.29) is 6.61 Å². The van der Waals surface area contributed by atoms with E-state index >= 15 is 0 Å². The molecule has 41 heavy (non-hydrogen) atoms. The van der Waals surface area contributed by atoms with Crippen LogP contribution in [0.15, 0.2) is 64.1 Å². The zero-order chi connectivity index (χ0) is 28.6. The van der Waals surface area contributed by atoms with Crippen molar-refractivity contribution in [3.05, 3.63) is 65.4 Å². The summed E-state index contributed by atoms with van der Waals surface area (Å²) < 4.78 is 19.5. The van der Waals surface area contributed by atoms with Crippen LogP contribution in [0.3, 0.4) is 0 Å². The van der Waals surface area contributed by atoms with Gasteiger partial charge in [-0.15, -0.1) is 10.2 Å². The quantitative estimate of drug-likeness (QED) is 0.122. The van der Waals surface area contributed by atoms with Crippen molar-refractivity contribution in [2.45, 2.75) is 43.5 Å². The van der Waals surface area contributed by atoms with Crippen molar-refractivity contribution in [1.29, 1.82) is 0 Å². The number of ether oxygens (including phenoxy) is 3. The molecule has 3 heterocycles. The minimum absolute atomic E-state index is 0.225. The number of carbonyl (C=O) groups excluding carboxylic acids is 1. The lowest BCUT2D eigenvalue weighted by Gasteiger charge is -2.28. The van der Waals surface area contributed by atoms with Gasteiger partial charge in [-0.05, 0) is 41.5 Å². The Hall–Kier alpha value is -3.97. The van der Waals surface area contributed by atoms with Crippen LogP contribution in [-0.4, -0.2) is 62.5 Å². The van der Waals surface area contributed by atoms with E-state index in [1.165, 1.54) is 23.1 Å². The van der Waals surface area contributed by atoms with Crippen LogP contribution < -0.4 is 14.8 Å². The van der Waals surface area contributed by atoms with Crippen LogP contribution in [-0.2, 0) is 9.53 Å². The highest BCUT2D eigenvalue weighted by molar-refractivity contribution is 8.01. The van der Waals surface area contributed by atoms with Crippen LogP contribution in [0.5, 0.6) is 11.5 Å². The highest BCUT2D eigenvalue weighted by Crippen LogP contribution is 2.40. The van der Waals surface area contributed by atoms with E-state index < -0.39 is 12.0 Å². The molecule has 1 unspecified atom stereocenters. The fraction of sp³-hybridized carbons (Fsp3) is 0.357. The minimum atomic E-state index is -0.645. The van der Waals surface area contributed by atoms with Crippen molar-refractivity contribution in [3.8, 4) is 22.1 Å². The molecule has 4 aromatic rings. The Bertz CT molecular complexity index is 1510. The molecule has 0 aliphatic carbocycles. The van der Waals surface area contributed by atoms with Crippen LogP contribution in [0.1, 0.15) is 44.7 Å². The highest BCUT2D eigenvalue weighted by atomic mass is 32.2. The van der Waals surface area contributed by atoms with E-state index in [9.17, 15) is 4.79 Å². The number of hydrogen-bond acceptors (Lipinski definition) is 12. The Balaban J connectivity index is 1.47. The third-order valence-electron chi connectivity index (χ3n) is 6.37. The van der Waals surface area contributed by atoms with Gasteiger partial charge in [-0.25, -0.2) is 4.79 Å². The van der Waals surface area contributed by atoms with Crippen LogP contribution in [0, 0.1) is 0 Å². The number of benzene rings is 2. The first-order chi connectivity index (χ1) is 20.1. The lowest BCUT2D eigenvalue weighted by Crippen LogP contribution is -2.31. The number of rotatable bonds is 13. The van der Waals surface area contributed by atoms with Gasteiger partial charge in [0.15, 0.2) is 15.8 Å². The van der Waals surface area contributed by atoms with E-state index in [0.717, 1.165) is 39.7 Å². The SMILES string of the molecule is CCCCCOc1ccc(C2C(C(=O)OCC)=C(CSc3nnc(-c4ccccc4)s3)Nc3nnnn32)cc1OC. The largest absolute Gasteiger partial charge is 0.493 e. The van der Waals surface area contributed by atoms with Gasteiger partial charge >= 0.3 is 5.97 Å². The van der Waals surface area contributed by atoms with Gasteiger partial charge in [0.2, 0.25) is 5.95 Å². The number of fused-ring (bicyclic) bond motifs is 1. The topological polar surface area (TPSA) is 126 Å². The first kappa shape index (κ1) is 28.6. The molecule has 1 N–H and O–H groups in total. The molecule has 11 nitrogen and oxygen atoms in total. The van der Waals surface area contributed by atoms with E-state index in [4.69, 9.17) is 14.2 Å². The Kier molecular flexibility index (Phi) is 9.47. The number of thioether (sulfide) groups is 1. The van der Waals surface area contributed by atoms with Crippen molar-refractivity contribution in [2.75, 3.05) is 31.4 Å². The summed E-state index contributed by atoms with van der Waals surface area (Å²) in [6.45, 7) is 4.75. The maximum absolute atomic E-state index is 13.5. The number of esters is 1. The summed E-state index contributed by atoms with van der Waals surface area (Å²) in [6, 6.07) is 14.9. The molecule has 0 spiro atoms. The number of carbonyl (C=O) groups is 1. The predicted molar refractivity (Wildman–Crippen MR) is 157 cm³/mol. The summed E-state index contributed by atoms with van der Waals surface area (Å²) >= 11 is 2.97. The Morgan fingerprint density at radius 3 is 2.71 bits per heavy atom. The second kappa shape index (κ2) is 13.6. The number of methoxy groups -OCH3 is 1. The second-order valence-corrected chi connectivity index (χ2v) is 11.3. The molecule has 214 valence electrons. The van der Waals surface area contributed by atoms with E-state index in [0.29, 0.717) is 41.1 Å². The van der Waals surface area contributed by atoms with Gasteiger partial charge in [0.1, 0.15) is 11.0 Å². The maximum atomic E-state index is 13.5. The summed E-state index contributed by atoms with van der Waals surface area (Å²) in [5, 5.41) is 25.0. The number of nitrogens with one attached hydrogen (secondary N) is 1. The molecular weight excluding hydrogens is 562 g/mol. The highest BCUT2D eigenvalue weighted by Gasteiger charge is 2.36. The number of nitrogens with zero attached hydrogens (tertiary/aromatic N) is 6. The zero-order valence-electron chi connectivity index (χ0n) is 23.1. The first-order valence-corrected chi connectivity index (χ1v) is 15.2. The molecular formula is C28H31N7O4S2. The second-order valence-electron chi connectivity index (χ2n) is 9.08. The molecule has 0 saturated heterocycles. The summed E-state index contributed by atoms with van der Waals surface area (Å²) in [5.74, 6) is 1.56. The first-order valence-electron chi connectivity index (χ1n) is 13.4. The molecule has 1 aliphatic heterocycles. The standard InChI is InChI=1S/C28H31N7O4S2/c1-4-6-10-15-39-21-14-13-19(16-22(21)37-3)24-23(26(36)38-5-2)20(29-27-31-33-34-35(24)27)17-40-28-32-30-25(41-28)18-11-8-7-9-12-18/h7-9,11-14,16,24H,4-6,10,15,17H2,1-3H3,(H,29,31,34). The maximum Gasteiger partial charge on any atom is 0.338 e. The Morgan fingerprint density at radius 2 is 1.93 bits per heavy atom. The van der Waals surface area contributed by atoms with E-state index in [1.54, 1.807) is 18.7 Å². The fourth-order valence-corrected chi connectivity index (χ4v) is 6.24. The van der Waals surface area contributed by atoms with E-state index in [2.05, 4.69) is 38.0 Å². The van der Waals surface area contributed by atoms with Crippen LogP contribution in [0.2, 0.25) is 0 Å². The van der Waals surface area contributed by atoms with Crippen molar-refractivity contribution < 1.29 is 19.0 Å². The number of unbranched alkanes of at least 4 members (excludes halogenated alkanes) is 2. The van der Waals surface area contributed by atoms with E-state index in [1.807, 2.05) is 48.5 Å². The summed E-state index contributed by atoms with van der Waals surface area (Å²) in [7, 11) is 1.60. The third-order valence-corrected chi connectivity index (χ3v) is 8.50. The van der Waals surface area contributed by atoms with Crippen molar-refractivity contribution in [2.24, 2.45) is 0 Å². The molecule has 13 heteroatoms. The molecule has 1 aliphatic rings. The lowest BCUT2D eigenvalue weighted by atomic mass is 9.95. The molecule has 0 bridgehead atoms. The predicted octanol–water partition coefficient (Wildman–Crippen LogP) is 5.39. The summed E-state index contributed by atoms with van der Waals surface area (Å²) in [5.41, 5.74) is 2.80. The van der Waals surface area contributed by atoms with Crippen LogP contribution in [0.25, 0.3) is 10.6 Å². The Morgan fingerprint density at radius 1 is 1.07 bits per heavy atom. The summed E-state index contributed by atoms with van der Waals surface area (Å²) in [4.78, 5) is 13.5. The van der Waals surface area contributed by atoms with Crippen molar-refractivity contribution in [1.82, 2.24) is 30.4 Å². The number of hydrogen-bond donors (Lipinski definition) is 1. The van der Waals surface area contributed by atoms with Gasteiger partial charge in [0.25, 0.3) is 0 Å². The molecule has 0 radical (unpaired) electrons. The molecule has 0 fully saturated rings. The monoisotopic (exact) mass is 593 g/mol. The van der Waals surface area contributed by atoms with Crippen molar-refractivity contribution in [3.63, 3.8) is 0 Å². The number of anilines is 1. The average Bonchev–Trinajstić information content (AvgIpc) is 3.68. The van der Waals surface area contributed by atoms with Gasteiger partial charge in [-0.2, -0.15) is 4.68 Å². The molecule has 0 amide bonds. The van der Waals surface area contributed by atoms with Crippen LogP contribution in [0.4, 0.5) is 5.95 Å². The van der Waals surface area contributed by atoms with Crippen LogP contribution >= 0.6 is 23.1 Å².